The van der Waals surface area contributed by atoms with Crippen LogP contribution in [0.15, 0.2) is 5.16 Å². The predicted octanol–water partition coefficient (Wildman–Crippen LogP) is 1.88. The summed E-state index contributed by atoms with van der Waals surface area (Å²) in [5, 5.41) is 3.76. The fourth-order valence-corrected chi connectivity index (χ4v) is 2.41. The molecule has 1 fully saturated rings. The first-order chi connectivity index (χ1) is 9.75. The van der Waals surface area contributed by atoms with Crippen LogP contribution in [-0.2, 0) is 19.1 Å². The topological polar surface area (TPSA) is 77.4 Å². The minimum Gasteiger partial charge on any atom is -0.445 e. The summed E-state index contributed by atoms with van der Waals surface area (Å²) >= 11 is 5.34. The first-order valence-electron chi connectivity index (χ1n) is 6.71. The Balaban J connectivity index is 1.92. The van der Waals surface area contributed by atoms with Gasteiger partial charge < -0.3 is 19.2 Å². The Bertz CT molecular complexity index is 474. The van der Waals surface area contributed by atoms with Crippen molar-refractivity contribution in [3.63, 3.8) is 0 Å². The van der Waals surface area contributed by atoms with Gasteiger partial charge in [0.05, 0.1) is 6.54 Å². The molecule has 21 heavy (non-hydrogen) atoms. The number of nitrogens with zero attached hydrogens (tertiary/aromatic N) is 2. The minimum atomic E-state index is -0.655. The molecule has 2 rings (SSSR count). The van der Waals surface area contributed by atoms with Gasteiger partial charge in [-0.2, -0.15) is 0 Å². The first-order valence-corrected chi connectivity index (χ1v) is 7.24. The van der Waals surface area contributed by atoms with Crippen molar-refractivity contribution >= 4 is 29.4 Å². The third kappa shape index (κ3) is 3.78. The highest BCUT2D eigenvalue weighted by Crippen LogP contribution is 2.34. The SMILES string of the molecule is CC(C)(C)OC(=O)N1CCC2(CC(C(=O)OCCl)=NO2)C1. The van der Waals surface area contributed by atoms with E-state index in [4.69, 9.17) is 21.2 Å². The van der Waals surface area contributed by atoms with Gasteiger partial charge in [-0.3, -0.25) is 0 Å². The normalized spacial score (nSPS) is 24.8. The maximum Gasteiger partial charge on any atom is 0.410 e. The number of halogens is 1. The predicted molar refractivity (Wildman–Crippen MR) is 75.1 cm³/mol. The van der Waals surface area contributed by atoms with Crippen LogP contribution in [0.3, 0.4) is 0 Å². The zero-order chi connectivity index (χ0) is 15.7. The van der Waals surface area contributed by atoms with Crippen LogP contribution in [0.25, 0.3) is 0 Å². The average Bonchev–Trinajstić information content (AvgIpc) is 2.96. The van der Waals surface area contributed by atoms with Crippen molar-refractivity contribution in [1.82, 2.24) is 4.90 Å². The van der Waals surface area contributed by atoms with Gasteiger partial charge in [0.25, 0.3) is 0 Å². The molecule has 2 aliphatic heterocycles. The Morgan fingerprint density at radius 3 is 2.81 bits per heavy atom. The van der Waals surface area contributed by atoms with Crippen LogP contribution >= 0.6 is 11.6 Å². The summed E-state index contributed by atoms with van der Waals surface area (Å²) in [7, 11) is 0. The number of carbonyl (C=O) groups is 2. The lowest BCUT2D eigenvalue weighted by atomic mass is 9.97. The van der Waals surface area contributed by atoms with Crippen molar-refractivity contribution in [2.24, 2.45) is 5.16 Å². The number of hydrogen-bond acceptors (Lipinski definition) is 6. The van der Waals surface area contributed by atoms with Crippen molar-refractivity contribution < 1.29 is 23.9 Å². The highest BCUT2D eigenvalue weighted by molar-refractivity contribution is 6.37. The third-order valence-electron chi connectivity index (χ3n) is 3.23. The Kier molecular flexibility index (Phi) is 4.32. The number of amides is 1. The molecule has 0 aliphatic carbocycles. The van der Waals surface area contributed by atoms with E-state index in [2.05, 4.69) is 9.89 Å². The van der Waals surface area contributed by atoms with Crippen molar-refractivity contribution in [2.75, 3.05) is 19.2 Å². The second kappa shape index (κ2) is 5.71. The summed E-state index contributed by atoms with van der Waals surface area (Å²) in [6.45, 7) is 6.27. The summed E-state index contributed by atoms with van der Waals surface area (Å²) in [4.78, 5) is 30.5. The molecular formula is C13H19ClN2O5. The van der Waals surface area contributed by atoms with Crippen LogP contribution in [0.5, 0.6) is 0 Å². The Morgan fingerprint density at radius 1 is 1.48 bits per heavy atom. The number of oxime groups is 1. The minimum absolute atomic E-state index is 0.196. The fraction of sp³-hybridized carbons (Fsp3) is 0.769. The van der Waals surface area contributed by atoms with Gasteiger partial charge in [-0.05, 0) is 20.8 Å². The van der Waals surface area contributed by atoms with Crippen LogP contribution in [-0.4, -0.2) is 53.0 Å². The Morgan fingerprint density at radius 2 is 2.19 bits per heavy atom. The van der Waals surface area contributed by atoms with Gasteiger partial charge in [-0.1, -0.05) is 16.8 Å². The number of ether oxygens (including phenoxy) is 2. The second-order valence-electron chi connectivity index (χ2n) is 6.18. The van der Waals surface area contributed by atoms with Crippen LogP contribution in [0.4, 0.5) is 4.79 Å². The quantitative estimate of drug-likeness (QED) is 0.574. The number of alkyl halides is 1. The first kappa shape index (κ1) is 15.9. The molecule has 0 radical (unpaired) electrons. The zero-order valence-electron chi connectivity index (χ0n) is 12.3. The summed E-state index contributed by atoms with van der Waals surface area (Å²) in [6, 6.07) is -0.227. The van der Waals surface area contributed by atoms with Crippen LogP contribution < -0.4 is 0 Å². The molecule has 1 atom stereocenters. The van der Waals surface area contributed by atoms with E-state index in [0.29, 0.717) is 25.9 Å². The molecule has 1 unspecified atom stereocenters. The van der Waals surface area contributed by atoms with Gasteiger partial charge in [-0.25, -0.2) is 9.59 Å². The Labute approximate surface area is 128 Å². The summed E-state index contributed by atoms with van der Waals surface area (Å²) in [5.74, 6) is -0.586. The van der Waals surface area contributed by atoms with Crippen LogP contribution in [0.1, 0.15) is 33.6 Å². The van der Waals surface area contributed by atoms with Gasteiger partial charge >= 0.3 is 12.1 Å². The van der Waals surface area contributed by atoms with E-state index in [9.17, 15) is 9.59 Å². The van der Waals surface area contributed by atoms with E-state index >= 15 is 0 Å². The molecule has 0 bridgehead atoms. The second-order valence-corrected chi connectivity index (χ2v) is 6.40. The standard InChI is InChI=1S/C13H19ClN2O5/c1-12(2,3)20-11(18)16-5-4-13(7-16)6-9(15-21-13)10(17)19-8-14/h4-8H2,1-3H3. The van der Waals surface area contributed by atoms with Crippen molar-refractivity contribution in [1.29, 1.82) is 0 Å². The fourth-order valence-electron chi connectivity index (χ4n) is 2.31. The number of carbonyl (C=O) groups excluding carboxylic acids is 2. The lowest BCUT2D eigenvalue weighted by Crippen LogP contribution is -2.39. The molecule has 0 aromatic carbocycles. The monoisotopic (exact) mass is 318 g/mol. The maximum atomic E-state index is 12.0. The molecule has 1 saturated heterocycles. The molecular weight excluding hydrogens is 300 g/mol. The molecule has 118 valence electrons. The molecule has 0 aromatic heterocycles. The molecule has 7 nitrogen and oxygen atoms in total. The number of hydrogen-bond donors (Lipinski definition) is 0. The van der Waals surface area contributed by atoms with Crippen LogP contribution in [0.2, 0.25) is 0 Å². The van der Waals surface area contributed by atoms with Crippen molar-refractivity contribution in [2.45, 2.75) is 44.8 Å². The van der Waals surface area contributed by atoms with E-state index in [0.717, 1.165) is 0 Å². The number of esters is 1. The third-order valence-corrected chi connectivity index (χ3v) is 3.34. The van der Waals surface area contributed by atoms with E-state index in [1.54, 1.807) is 4.90 Å². The number of likely N-dealkylation sites (tertiary alicyclic amines) is 1. The summed E-state index contributed by atoms with van der Waals surface area (Å²) < 4.78 is 10.0. The summed E-state index contributed by atoms with van der Waals surface area (Å²) in [6.07, 6.45) is 0.509. The molecule has 0 N–H and O–H groups in total. The van der Waals surface area contributed by atoms with Gasteiger partial charge in [0, 0.05) is 19.4 Å². The van der Waals surface area contributed by atoms with E-state index in [1.165, 1.54) is 0 Å². The van der Waals surface area contributed by atoms with Crippen molar-refractivity contribution in [3.05, 3.63) is 0 Å². The molecule has 1 amide bonds. The lowest BCUT2D eigenvalue weighted by molar-refractivity contribution is -0.133. The average molecular weight is 319 g/mol. The van der Waals surface area contributed by atoms with Gasteiger partial charge in [-0.15, -0.1) is 0 Å². The van der Waals surface area contributed by atoms with Crippen LogP contribution in [0, 0.1) is 0 Å². The van der Waals surface area contributed by atoms with Gasteiger partial charge in [0.1, 0.15) is 5.60 Å². The summed E-state index contributed by atoms with van der Waals surface area (Å²) in [5.41, 5.74) is -1.01. The van der Waals surface area contributed by atoms with E-state index in [1.807, 2.05) is 20.8 Å². The molecule has 0 saturated carbocycles. The highest BCUT2D eigenvalue weighted by atomic mass is 35.5. The Hall–Kier alpha value is -1.50. The highest BCUT2D eigenvalue weighted by Gasteiger charge is 2.49. The molecule has 8 heteroatoms. The van der Waals surface area contributed by atoms with E-state index < -0.39 is 17.2 Å². The smallest absolute Gasteiger partial charge is 0.410 e. The van der Waals surface area contributed by atoms with Gasteiger partial charge in [0.2, 0.25) is 0 Å². The lowest BCUT2D eigenvalue weighted by Gasteiger charge is -2.25. The largest absolute Gasteiger partial charge is 0.445 e. The maximum absolute atomic E-state index is 12.0. The molecule has 1 spiro atoms. The molecule has 2 heterocycles. The van der Waals surface area contributed by atoms with Crippen molar-refractivity contribution in [3.8, 4) is 0 Å². The molecule has 0 aromatic rings. The zero-order valence-corrected chi connectivity index (χ0v) is 13.1. The van der Waals surface area contributed by atoms with E-state index in [-0.39, 0.29) is 17.9 Å². The number of rotatable bonds is 2. The molecule has 2 aliphatic rings. The van der Waals surface area contributed by atoms with Gasteiger partial charge in [0.15, 0.2) is 17.4 Å².